The Balaban J connectivity index is 2.12. The molecule has 2 aromatic rings. The third-order valence-corrected chi connectivity index (χ3v) is 3.40. The number of hydrogen-bond donors (Lipinski definition) is 0. The van der Waals surface area contributed by atoms with E-state index in [0.717, 1.165) is 31.5 Å². The number of anilines is 2. The fourth-order valence-electron chi connectivity index (χ4n) is 2.52. The molecule has 4 heteroatoms. The molecule has 0 saturated heterocycles. The van der Waals surface area contributed by atoms with Crippen LogP contribution in [0.3, 0.4) is 0 Å². The third kappa shape index (κ3) is 2.15. The zero-order valence-electron chi connectivity index (χ0n) is 10.6. The Morgan fingerprint density at radius 2 is 1.95 bits per heavy atom. The average Bonchev–Trinajstić information content (AvgIpc) is 2.69. The second-order valence-electron chi connectivity index (χ2n) is 4.58. The van der Waals surface area contributed by atoms with Crippen LogP contribution in [0.2, 0.25) is 0 Å². The van der Waals surface area contributed by atoms with Crippen LogP contribution in [0.25, 0.3) is 0 Å². The van der Waals surface area contributed by atoms with Crippen molar-refractivity contribution >= 4 is 11.5 Å². The average molecular weight is 250 g/mol. The van der Waals surface area contributed by atoms with E-state index in [1.807, 2.05) is 6.07 Å². The topological polar surface area (TPSA) is 52.8 Å². The molecule has 0 fully saturated rings. The van der Waals surface area contributed by atoms with E-state index >= 15 is 0 Å². The highest BCUT2D eigenvalue weighted by molar-refractivity contribution is 5.67. The maximum absolute atomic E-state index is 9.19. The molecule has 0 unspecified atom stereocenters. The zero-order chi connectivity index (χ0) is 13.1. The second kappa shape index (κ2) is 5.07. The maximum atomic E-state index is 9.19. The number of nitriles is 1. The number of benzene rings is 1. The molecule has 3 rings (SSSR count). The van der Waals surface area contributed by atoms with Gasteiger partial charge in [0.15, 0.2) is 11.5 Å². The number of aryl methyl sites for hydroxylation is 1. The molecule has 0 radical (unpaired) electrons. The number of nitrogens with zero attached hydrogens (tertiary/aromatic N) is 4. The molecule has 1 aliphatic heterocycles. The molecule has 4 nitrogen and oxygen atoms in total. The van der Waals surface area contributed by atoms with Crippen molar-refractivity contribution in [2.75, 3.05) is 11.4 Å². The Morgan fingerprint density at radius 1 is 1.11 bits per heavy atom. The molecule has 94 valence electrons. The number of fused-ring (bicyclic) bond motifs is 1. The van der Waals surface area contributed by atoms with Gasteiger partial charge in [-0.25, -0.2) is 9.97 Å². The molecule has 1 aromatic carbocycles. The third-order valence-electron chi connectivity index (χ3n) is 3.40. The molecule has 0 spiro atoms. The van der Waals surface area contributed by atoms with E-state index in [1.54, 1.807) is 12.4 Å². The van der Waals surface area contributed by atoms with Crippen LogP contribution in [0.1, 0.15) is 24.1 Å². The molecular weight excluding hydrogens is 236 g/mol. The van der Waals surface area contributed by atoms with E-state index < -0.39 is 0 Å². The summed E-state index contributed by atoms with van der Waals surface area (Å²) in [6.07, 6.45) is 6.54. The minimum Gasteiger partial charge on any atom is -0.324 e. The molecule has 0 amide bonds. The number of rotatable bonds is 1. The first-order chi connectivity index (χ1) is 9.40. The highest BCUT2D eigenvalue weighted by Gasteiger charge is 2.20. The molecule has 1 aliphatic rings. The Hall–Kier alpha value is -2.41. The summed E-state index contributed by atoms with van der Waals surface area (Å²) < 4.78 is 0. The predicted octanol–water partition coefficient (Wildman–Crippen LogP) is 2.82. The lowest BCUT2D eigenvalue weighted by molar-refractivity contribution is 0.756. The van der Waals surface area contributed by atoms with Gasteiger partial charge < -0.3 is 4.90 Å². The van der Waals surface area contributed by atoms with Crippen molar-refractivity contribution in [3.05, 3.63) is 47.9 Å². The first-order valence-corrected chi connectivity index (χ1v) is 6.46. The number of aromatic nitrogens is 2. The number of hydrogen-bond acceptors (Lipinski definition) is 4. The van der Waals surface area contributed by atoms with Crippen molar-refractivity contribution in [1.82, 2.24) is 9.97 Å². The van der Waals surface area contributed by atoms with Gasteiger partial charge in [0.2, 0.25) is 0 Å². The minimum atomic E-state index is 0.388. The molecular formula is C15H14N4. The molecule has 19 heavy (non-hydrogen) atoms. The summed E-state index contributed by atoms with van der Waals surface area (Å²) in [5, 5.41) is 9.19. The molecule has 1 aromatic heterocycles. The lowest BCUT2D eigenvalue weighted by Gasteiger charge is -2.24. The summed E-state index contributed by atoms with van der Waals surface area (Å²) in [4.78, 5) is 10.6. The van der Waals surface area contributed by atoms with Crippen molar-refractivity contribution in [3.63, 3.8) is 0 Å². The van der Waals surface area contributed by atoms with Crippen LogP contribution in [0.4, 0.5) is 11.5 Å². The van der Waals surface area contributed by atoms with Crippen LogP contribution >= 0.6 is 0 Å². The number of para-hydroxylation sites is 1. The van der Waals surface area contributed by atoms with Gasteiger partial charge in [0.05, 0.1) is 0 Å². The monoisotopic (exact) mass is 250 g/mol. The largest absolute Gasteiger partial charge is 0.324 e. The van der Waals surface area contributed by atoms with Gasteiger partial charge in [-0.15, -0.1) is 0 Å². The first kappa shape index (κ1) is 11.7. The van der Waals surface area contributed by atoms with Gasteiger partial charge in [-0.2, -0.15) is 5.26 Å². The fourth-order valence-corrected chi connectivity index (χ4v) is 2.52. The normalized spacial score (nSPS) is 14.4. The maximum Gasteiger partial charge on any atom is 0.183 e. The molecule has 0 bridgehead atoms. The summed E-state index contributed by atoms with van der Waals surface area (Å²) in [5.41, 5.74) is 2.85. The summed E-state index contributed by atoms with van der Waals surface area (Å²) >= 11 is 0. The van der Waals surface area contributed by atoms with Crippen LogP contribution < -0.4 is 4.90 Å². The van der Waals surface area contributed by atoms with Gasteiger partial charge in [-0.3, -0.25) is 0 Å². The molecule has 2 heterocycles. The molecule has 0 aliphatic carbocycles. The Labute approximate surface area is 112 Å². The van der Waals surface area contributed by atoms with Gasteiger partial charge in [-0.1, -0.05) is 18.2 Å². The Morgan fingerprint density at radius 3 is 2.84 bits per heavy atom. The van der Waals surface area contributed by atoms with Gasteiger partial charge in [0.25, 0.3) is 0 Å². The smallest absolute Gasteiger partial charge is 0.183 e. The van der Waals surface area contributed by atoms with Crippen molar-refractivity contribution in [3.8, 4) is 6.07 Å². The quantitative estimate of drug-likeness (QED) is 0.781. The van der Waals surface area contributed by atoms with Crippen LogP contribution in [0.5, 0.6) is 0 Å². The molecule has 0 N–H and O–H groups in total. The van der Waals surface area contributed by atoms with E-state index in [-0.39, 0.29) is 0 Å². The molecule has 0 saturated carbocycles. The highest BCUT2D eigenvalue weighted by Crippen LogP contribution is 2.32. The highest BCUT2D eigenvalue weighted by atomic mass is 15.2. The second-order valence-corrected chi connectivity index (χ2v) is 4.58. The standard InChI is InChI=1S/C15H14N4/c16-11-13-15(18-9-8-17-13)19-10-4-3-6-12-5-1-2-7-14(12)19/h1-2,5,7-9H,3-4,6,10H2. The molecule has 0 atom stereocenters. The van der Waals surface area contributed by atoms with Crippen LogP contribution in [-0.4, -0.2) is 16.5 Å². The van der Waals surface area contributed by atoms with E-state index in [4.69, 9.17) is 0 Å². The van der Waals surface area contributed by atoms with Crippen LogP contribution in [-0.2, 0) is 6.42 Å². The van der Waals surface area contributed by atoms with Gasteiger partial charge in [0, 0.05) is 24.6 Å². The van der Waals surface area contributed by atoms with Gasteiger partial charge in [0.1, 0.15) is 6.07 Å². The summed E-state index contributed by atoms with van der Waals surface area (Å²) in [6.45, 7) is 0.879. The Kier molecular flexibility index (Phi) is 3.11. The van der Waals surface area contributed by atoms with E-state index in [2.05, 4.69) is 39.1 Å². The lowest BCUT2D eigenvalue weighted by Crippen LogP contribution is -2.20. The van der Waals surface area contributed by atoms with E-state index in [1.165, 1.54) is 5.56 Å². The predicted molar refractivity (Wildman–Crippen MR) is 73.1 cm³/mol. The first-order valence-electron chi connectivity index (χ1n) is 6.46. The van der Waals surface area contributed by atoms with Crippen molar-refractivity contribution in [1.29, 1.82) is 5.26 Å². The van der Waals surface area contributed by atoms with Gasteiger partial charge >= 0.3 is 0 Å². The summed E-state index contributed by atoms with van der Waals surface area (Å²) in [6, 6.07) is 10.5. The van der Waals surface area contributed by atoms with Gasteiger partial charge in [-0.05, 0) is 30.9 Å². The van der Waals surface area contributed by atoms with Crippen LogP contribution in [0.15, 0.2) is 36.7 Å². The fraction of sp³-hybridized carbons (Fsp3) is 0.267. The summed E-state index contributed by atoms with van der Waals surface area (Å²) in [5.74, 6) is 0.666. The Bertz CT molecular complexity index is 630. The van der Waals surface area contributed by atoms with Crippen molar-refractivity contribution < 1.29 is 0 Å². The minimum absolute atomic E-state index is 0.388. The summed E-state index contributed by atoms with van der Waals surface area (Å²) in [7, 11) is 0. The van der Waals surface area contributed by atoms with Crippen LogP contribution in [0, 0.1) is 11.3 Å². The van der Waals surface area contributed by atoms with E-state index in [0.29, 0.717) is 11.5 Å². The lowest BCUT2D eigenvalue weighted by atomic mass is 10.1. The van der Waals surface area contributed by atoms with E-state index in [9.17, 15) is 5.26 Å². The SMILES string of the molecule is N#Cc1nccnc1N1CCCCc2ccccc21. The van der Waals surface area contributed by atoms with Crippen molar-refractivity contribution in [2.45, 2.75) is 19.3 Å². The zero-order valence-corrected chi connectivity index (χ0v) is 10.6. The van der Waals surface area contributed by atoms with Crippen molar-refractivity contribution in [2.24, 2.45) is 0 Å².